The van der Waals surface area contributed by atoms with Crippen LogP contribution < -0.4 is 10.1 Å². The second kappa shape index (κ2) is 8.86. The molecule has 0 bridgehead atoms. The quantitative estimate of drug-likeness (QED) is 0.746. The minimum absolute atomic E-state index is 0.0679. The zero-order valence-electron chi connectivity index (χ0n) is 12.9. The Morgan fingerprint density at radius 1 is 1.27 bits per heavy atom. The van der Waals surface area contributed by atoms with Gasteiger partial charge in [-0.05, 0) is 48.6 Å². The fourth-order valence-electron chi connectivity index (χ4n) is 2.05. The van der Waals surface area contributed by atoms with E-state index in [0.29, 0.717) is 6.54 Å². The van der Waals surface area contributed by atoms with E-state index in [-0.39, 0.29) is 12.5 Å². The number of thioether (sulfide) groups is 1. The number of aryl methyl sites for hydroxylation is 2. The SMILES string of the molecule is Cc1cc(C)cc(OCC(=O)NCCSCc2cccs2)c1. The van der Waals surface area contributed by atoms with Gasteiger partial charge in [0, 0.05) is 22.9 Å². The molecule has 22 heavy (non-hydrogen) atoms. The van der Waals surface area contributed by atoms with Crippen molar-refractivity contribution < 1.29 is 9.53 Å². The standard InChI is InChI=1S/C17H21NO2S2/c1-13-8-14(2)10-15(9-13)20-11-17(19)18-5-7-21-12-16-4-3-6-22-16/h3-4,6,8-10H,5,7,11-12H2,1-2H3,(H,18,19). The van der Waals surface area contributed by atoms with Crippen molar-refractivity contribution >= 4 is 29.0 Å². The molecule has 5 heteroatoms. The van der Waals surface area contributed by atoms with E-state index in [9.17, 15) is 4.79 Å². The maximum absolute atomic E-state index is 11.7. The molecule has 0 spiro atoms. The van der Waals surface area contributed by atoms with Crippen molar-refractivity contribution in [2.24, 2.45) is 0 Å². The van der Waals surface area contributed by atoms with E-state index in [0.717, 1.165) is 28.4 Å². The molecule has 118 valence electrons. The maximum atomic E-state index is 11.7. The minimum Gasteiger partial charge on any atom is -0.484 e. The normalized spacial score (nSPS) is 10.5. The molecule has 0 saturated carbocycles. The van der Waals surface area contributed by atoms with Crippen molar-refractivity contribution in [2.45, 2.75) is 19.6 Å². The van der Waals surface area contributed by atoms with Crippen molar-refractivity contribution in [1.82, 2.24) is 5.32 Å². The molecule has 1 aromatic heterocycles. The number of amides is 1. The van der Waals surface area contributed by atoms with Gasteiger partial charge in [-0.1, -0.05) is 12.1 Å². The first-order chi connectivity index (χ1) is 10.6. The van der Waals surface area contributed by atoms with Gasteiger partial charge in [0.15, 0.2) is 6.61 Å². The van der Waals surface area contributed by atoms with Gasteiger partial charge in [-0.2, -0.15) is 11.8 Å². The van der Waals surface area contributed by atoms with Gasteiger partial charge in [0.25, 0.3) is 5.91 Å². The Kier molecular flexibility index (Phi) is 6.80. The second-order valence-electron chi connectivity index (χ2n) is 5.09. The minimum atomic E-state index is -0.0733. The largest absolute Gasteiger partial charge is 0.484 e. The Morgan fingerprint density at radius 3 is 2.73 bits per heavy atom. The third-order valence-corrected chi connectivity index (χ3v) is 5.03. The molecule has 0 aliphatic heterocycles. The summed E-state index contributed by atoms with van der Waals surface area (Å²) in [5, 5.41) is 4.97. The van der Waals surface area contributed by atoms with Crippen LogP contribution in [-0.2, 0) is 10.5 Å². The maximum Gasteiger partial charge on any atom is 0.257 e. The Hall–Kier alpha value is -1.46. The number of carbonyl (C=O) groups is 1. The van der Waals surface area contributed by atoms with E-state index in [1.807, 2.05) is 37.7 Å². The summed E-state index contributed by atoms with van der Waals surface area (Å²) in [5.41, 5.74) is 2.28. The molecule has 1 aromatic carbocycles. The molecule has 2 aromatic rings. The summed E-state index contributed by atoms with van der Waals surface area (Å²) in [7, 11) is 0. The van der Waals surface area contributed by atoms with Gasteiger partial charge >= 0.3 is 0 Å². The fourth-order valence-corrected chi connectivity index (χ4v) is 3.75. The number of benzene rings is 1. The number of hydrogen-bond donors (Lipinski definition) is 1. The number of rotatable bonds is 8. The topological polar surface area (TPSA) is 38.3 Å². The molecule has 0 radical (unpaired) electrons. The van der Waals surface area contributed by atoms with Crippen LogP contribution in [0.15, 0.2) is 35.7 Å². The molecule has 0 fully saturated rings. The van der Waals surface area contributed by atoms with Crippen LogP contribution in [0.3, 0.4) is 0 Å². The monoisotopic (exact) mass is 335 g/mol. The zero-order chi connectivity index (χ0) is 15.8. The van der Waals surface area contributed by atoms with Gasteiger partial charge in [-0.25, -0.2) is 0 Å². The van der Waals surface area contributed by atoms with E-state index in [4.69, 9.17) is 4.74 Å². The number of nitrogens with one attached hydrogen (secondary N) is 1. The molecule has 2 rings (SSSR count). The molecule has 1 N–H and O–H groups in total. The molecule has 1 amide bonds. The lowest BCUT2D eigenvalue weighted by Crippen LogP contribution is -2.30. The average Bonchev–Trinajstić information content (AvgIpc) is 2.97. The first-order valence-corrected chi connectivity index (χ1v) is 9.25. The molecule has 0 aliphatic rings. The predicted octanol–water partition coefficient (Wildman–Crippen LogP) is 3.79. The number of carbonyl (C=O) groups excluding carboxylic acids is 1. The van der Waals surface area contributed by atoms with Gasteiger partial charge in [-0.3, -0.25) is 4.79 Å². The van der Waals surface area contributed by atoms with Crippen LogP contribution in [-0.4, -0.2) is 24.8 Å². The fraction of sp³-hybridized carbons (Fsp3) is 0.353. The van der Waals surface area contributed by atoms with E-state index in [2.05, 4.69) is 28.9 Å². The number of ether oxygens (including phenoxy) is 1. The van der Waals surface area contributed by atoms with Crippen LogP contribution in [0.25, 0.3) is 0 Å². The molecular weight excluding hydrogens is 314 g/mol. The smallest absolute Gasteiger partial charge is 0.257 e. The lowest BCUT2D eigenvalue weighted by molar-refractivity contribution is -0.122. The van der Waals surface area contributed by atoms with E-state index in [1.54, 1.807) is 11.3 Å². The highest BCUT2D eigenvalue weighted by Crippen LogP contribution is 2.17. The summed E-state index contributed by atoms with van der Waals surface area (Å²) in [5.74, 6) is 2.59. The second-order valence-corrected chi connectivity index (χ2v) is 7.23. The lowest BCUT2D eigenvalue weighted by atomic mass is 10.1. The Morgan fingerprint density at radius 2 is 2.05 bits per heavy atom. The van der Waals surface area contributed by atoms with Gasteiger partial charge in [0.2, 0.25) is 0 Å². The van der Waals surface area contributed by atoms with Gasteiger partial charge in [0.1, 0.15) is 5.75 Å². The first kappa shape index (κ1) is 16.9. The third kappa shape index (κ3) is 6.12. The lowest BCUT2D eigenvalue weighted by Gasteiger charge is -2.09. The van der Waals surface area contributed by atoms with Crippen molar-refractivity contribution in [3.63, 3.8) is 0 Å². The van der Waals surface area contributed by atoms with Crippen LogP contribution in [0, 0.1) is 13.8 Å². The Balaban J connectivity index is 1.59. The van der Waals surface area contributed by atoms with Gasteiger partial charge < -0.3 is 10.1 Å². The Labute approximate surface area is 140 Å². The van der Waals surface area contributed by atoms with E-state index in [1.165, 1.54) is 4.88 Å². The third-order valence-electron chi connectivity index (χ3n) is 2.96. The number of thiophene rings is 1. The highest BCUT2D eigenvalue weighted by molar-refractivity contribution is 7.98. The molecule has 3 nitrogen and oxygen atoms in total. The van der Waals surface area contributed by atoms with Gasteiger partial charge in [0.05, 0.1) is 0 Å². The molecular formula is C17H21NO2S2. The van der Waals surface area contributed by atoms with E-state index >= 15 is 0 Å². The van der Waals surface area contributed by atoms with E-state index < -0.39 is 0 Å². The van der Waals surface area contributed by atoms with Crippen molar-refractivity contribution in [3.8, 4) is 5.75 Å². The molecule has 0 atom stereocenters. The predicted molar refractivity (Wildman–Crippen MR) is 94.9 cm³/mol. The molecule has 0 unspecified atom stereocenters. The summed E-state index contributed by atoms with van der Waals surface area (Å²) >= 11 is 3.59. The van der Waals surface area contributed by atoms with Crippen molar-refractivity contribution in [3.05, 3.63) is 51.7 Å². The van der Waals surface area contributed by atoms with Gasteiger partial charge in [-0.15, -0.1) is 11.3 Å². The van der Waals surface area contributed by atoms with Crippen LogP contribution in [0.5, 0.6) is 5.75 Å². The average molecular weight is 335 g/mol. The highest BCUT2D eigenvalue weighted by Gasteiger charge is 2.03. The summed E-state index contributed by atoms with van der Waals surface area (Å²) in [6.45, 7) is 4.78. The summed E-state index contributed by atoms with van der Waals surface area (Å²) in [4.78, 5) is 13.1. The molecule has 1 heterocycles. The van der Waals surface area contributed by atoms with Crippen molar-refractivity contribution in [2.75, 3.05) is 18.9 Å². The van der Waals surface area contributed by atoms with Crippen LogP contribution in [0.2, 0.25) is 0 Å². The van der Waals surface area contributed by atoms with Crippen molar-refractivity contribution in [1.29, 1.82) is 0 Å². The Bertz CT molecular complexity index is 576. The van der Waals surface area contributed by atoms with Crippen LogP contribution in [0.1, 0.15) is 16.0 Å². The summed E-state index contributed by atoms with van der Waals surface area (Å²) in [6.07, 6.45) is 0. The highest BCUT2D eigenvalue weighted by atomic mass is 32.2. The van der Waals surface area contributed by atoms with Crippen LogP contribution >= 0.6 is 23.1 Å². The molecule has 0 saturated heterocycles. The number of hydrogen-bond acceptors (Lipinski definition) is 4. The summed E-state index contributed by atoms with van der Waals surface area (Å²) in [6, 6.07) is 10.2. The zero-order valence-corrected chi connectivity index (χ0v) is 14.6. The first-order valence-electron chi connectivity index (χ1n) is 7.21. The van der Waals surface area contributed by atoms with Crippen LogP contribution in [0.4, 0.5) is 0 Å². The summed E-state index contributed by atoms with van der Waals surface area (Å²) < 4.78 is 5.53. The molecule has 0 aliphatic carbocycles.